The van der Waals surface area contributed by atoms with Gasteiger partial charge in [-0.1, -0.05) is 6.92 Å². The van der Waals surface area contributed by atoms with E-state index in [4.69, 9.17) is 8.85 Å². The monoisotopic (exact) mass is 368 g/mol. The topological polar surface area (TPSA) is 18.5 Å². The van der Waals surface area contributed by atoms with Gasteiger partial charge in [0.15, 0.2) is 0 Å². The Bertz CT molecular complexity index is 147. The van der Waals surface area contributed by atoms with Crippen LogP contribution in [0, 0.1) is 6.92 Å². The average molecular weight is 369 g/mol. The summed E-state index contributed by atoms with van der Waals surface area (Å²) in [4.78, 5) is 0. The Hall–Kier alpha value is 1.63. The van der Waals surface area contributed by atoms with Crippen molar-refractivity contribution in [2.75, 3.05) is 0 Å². The van der Waals surface area contributed by atoms with Crippen molar-refractivity contribution >= 4 is 31.6 Å². The fourth-order valence-electron chi connectivity index (χ4n) is 1.62. The molecule has 0 rings (SSSR count). The van der Waals surface area contributed by atoms with E-state index in [0.717, 1.165) is 18.5 Å². The maximum Gasteiger partial charge on any atom is 2.00 e. The summed E-state index contributed by atoms with van der Waals surface area (Å²) in [5, 5.41) is 0. The summed E-state index contributed by atoms with van der Waals surface area (Å²) in [5.41, 5.74) is 0. The smallest absolute Gasteiger partial charge is 1.00 e. The molecule has 0 saturated heterocycles. The summed E-state index contributed by atoms with van der Waals surface area (Å²) in [6.07, 6.45) is 1.42. The molecule has 0 fully saturated rings. The Kier molecular flexibility index (Phi) is 16.7. The van der Waals surface area contributed by atoms with Crippen LogP contribution >= 0.6 is 0 Å². The number of hydrogen-bond acceptors (Lipinski definition) is 2. The van der Waals surface area contributed by atoms with Crippen LogP contribution in [-0.4, -0.2) is 43.8 Å². The molecule has 0 amide bonds. The van der Waals surface area contributed by atoms with Gasteiger partial charge in [0.2, 0.25) is 0 Å². The van der Waals surface area contributed by atoms with Crippen LogP contribution in [0.5, 0.6) is 0 Å². The molecule has 0 aliphatic heterocycles. The second kappa shape index (κ2) is 11.7. The van der Waals surface area contributed by atoms with Crippen molar-refractivity contribution in [3.63, 3.8) is 0 Å². The van der Waals surface area contributed by atoms with Crippen LogP contribution < -0.4 is 24.0 Å². The molecule has 16 heavy (non-hydrogen) atoms. The number of rotatable bonds is 7. The molecule has 0 atom stereocenters. The number of halogens is 1. The summed E-state index contributed by atoms with van der Waals surface area (Å²) in [5.74, 6) is 0. The molecule has 0 heterocycles. The molecule has 5 heteroatoms. The van der Waals surface area contributed by atoms with Gasteiger partial charge in [0.1, 0.15) is 0 Å². The Morgan fingerprint density at radius 3 is 1.62 bits per heavy atom. The fraction of sp³-hybridized carbons (Fsp3) is 0.909. The fourth-order valence-corrected chi connectivity index (χ4v) is 4.85. The third-order valence-corrected chi connectivity index (χ3v) is 5.99. The van der Waals surface area contributed by atoms with E-state index < -0.39 is 8.56 Å². The van der Waals surface area contributed by atoms with Gasteiger partial charge >= 0.3 is 31.6 Å². The summed E-state index contributed by atoms with van der Waals surface area (Å²) >= 11 is 0. The standard InChI is InChI=1S/C11H25O2Si.HI.Mg/c1-7-9-14(8-2,12-10(3)4)13-11(5)6;;/h10-11H,1,7-9H2,2-6H3;1H;/q-1;;+2/p-1. The number of hydrogen-bond donors (Lipinski definition) is 0. The molecule has 0 spiro atoms. The van der Waals surface area contributed by atoms with Gasteiger partial charge in [-0.25, -0.2) is 0 Å². The minimum Gasteiger partial charge on any atom is -1.00 e. The van der Waals surface area contributed by atoms with Crippen molar-refractivity contribution in [1.82, 2.24) is 0 Å². The van der Waals surface area contributed by atoms with Gasteiger partial charge in [-0.3, -0.25) is 0 Å². The van der Waals surface area contributed by atoms with E-state index in [9.17, 15) is 0 Å². The van der Waals surface area contributed by atoms with Crippen LogP contribution in [0.4, 0.5) is 0 Å². The Balaban J connectivity index is -0.000000845. The molecule has 94 valence electrons. The molecule has 0 aliphatic carbocycles. The minimum atomic E-state index is -1.96. The molecular weight excluding hydrogens is 343 g/mol. The third-order valence-electron chi connectivity index (χ3n) is 2.00. The first-order valence-corrected chi connectivity index (χ1v) is 7.83. The Morgan fingerprint density at radius 1 is 1.06 bits per heavy atom. The molecule has 0 saturated carbocycles. The second-order valence-corrected chi connectivity index (χ2v) is 7.70. The van der Waals surface area contributed by atoms with E-state index in [1.165, 1.54) is 0 Å². The zero-order valence-electron chi connectivity index (χ0n) is 11.4. The van der Waals surface area contributed by atoms with Crippen molar-refractivity contribution < 1.29 is 32.8 Å². The quantitative estimate of drug-likeness (QED) is 0.362. The molecule has 0 aromatic carbocycles. The van der Waals surface area contributed by atoms with Crippen molar-refractivity contribution in [2.45, 2.75) is 65.3 Å². The predicted molar refractivity (Wildman–Crippen MR) is 69.2 cm³/mol. The van der Waals surface area contributed by atoms with Gasteiger partial charge in [-0.15, -0.1) is 0 Å². The van der Waals surface area contributed by atoms with Crippen LogP contribution in [0.3, 0.4) is 0 Å². The van der Waals surface area contributed by atoms with E-state index in [2.05, 4.69) is 41.5 Å². The molecule has 0 radical (unpaired) electrons. The minimum absolute atomic E-state index is 0. The van der Waals surface area contributed by atoms with E-state index in [1.807, 2.05) is 0 Å². The van der Waals surface area contributed by atoms with Crippen molar-refractivity contribution in [3.05, 3.63) is 6.92 Å². The summed E-state index contributed by atoms with van der Waals surface area (Å²) < 4.78 is 12.0. The first kappa shape index (κ1) is 22.8. The van der Waals surface area contributed by atoms with Crippen molar-refractivity contribution in [1.29, 1.82) is 0 Å². The van der Waals surface area contributed by atoms with Gasteiger partial charge in [0.05, 0.1) is 0 Å². The maximum absolute atomic E-state index is 6.02. The van der Waals surface area contributed by atoms with E-state index in [-0.39, 0.29) is 59.2 Å². The molecule has 0 N–H and O–H groups in total. The van der Waals surface area contributed by atoms with Crippen LogP contribution in [0.1, 0.15) is 41.0 Å². The zero-order valence-corrected chi connectivity index (χ0v) is 16.0. The average Bonchev–Trinajstić information content (AvgIpc) is 2.02. The molecule has 0 unspecified atom stereocenters. The van der Waals surface area contributed by atoms with Crippen LogP contribution in [0.2, 0.25) is 12.1 Å². The first-order valence-electron chi connectivity index (χ1n) is 5.60. The van der Waals surface area contributed by atoms with E-state index in [0.29, 0.717) is 0 Å². The molecule has 0 aliphatic rings. The zero-order chi connectivity index (χ0) is 11.2. The van der Waals surface area contributed by atoms with Gasteiger partial charge in [0.25, 0.3) is 0 Å². The predicted octanol–water partition coefficient (Wildman–Crippen LogP) is 0.146. The van der Waals surface area contributed by atoms with Crippen molar-refractivity contribution in [3.8, 4) is 0 Å². The van der Waals surface area contributed by atoms with Gasteiger partial charge in [-0.2, -0.15) is 6.42 Å². The van der Waals surface area contributed by atoms with Crippen LogP contribution in [-0.2, 0) is 8.85 Å². The van der Waals surface area contributed by atoms with E-state index >= 15 is 0 Å². The summed E-state index contributed by atoms with van der Waals surface area (Å²) in [7, 11) is -1.96. The largest absolute Gasteiger partial charge is 2.00 e. The van der Waals surface area contributed by atoms with Crippen molar-refractivity contribution in [2.24, 2.45) is 0 Å². The van der Waals surface area contributed by atoms with Crippen LogP contribution in [0.25, 0.3) is 0 Å². The molecule has 0 bridgehead atoms. The molecule has 2 nitrogen and oxygen atoms in total. The van der Waals surface area contributed by atoms with Crippen LogP contribution in [0.15, 0.2) is 0 Å². The SMILES string of the molecule is [CH2-]CC[Si](CC)(OC(C)C)OC(C)C.[I-].[Mg+2]. The van der Waals surface area contributed by atoms with Gasteiger partial charge < -0.3 is 39.8 Å². The van der Waals surface area contributed by atoms with Gasteiger partial charge in [-0.05, 0) is 39.8 Å². The summed E-state index contributed by atoms with van der Waals surface area (Å²) in [6, 6.07) is 2.01. The molecule has 0 aromatic heterocycles. The van der Waals surface area contributed by atoms with E-state index in [1.54, 1.807) is 0 Å². The Labute approximate surface area is 136 Å². The normalized spacial score (nSPS) is 11.2. The Morgan fingerprint density at radius 2 is 1.44 bits per heavy atom. The second-order valence-electron chi connectivity index (χ2n) is 4.20. The summed E-state index contributed by atoms with van der Waals surface area (Å²) in [6.45, 7) is 14.4. The van der Waals surface area contributed by atoms with Gasteiger partial charge in [0, 0.05) is 12.2 Å². The molecule has 0 aromatic rings. The third kappa shape index (κ3) is 9.64. The first-order chi connectivity index (χ1) is 6.45. The molecular formula is C11H25IMgO2Si. The maximum atomic E-state index is 6.02.